The van der Waals surface area contributed by atoms with E-state index < -0.39 is 10.2 Å². The van der Waals surface area contributed by atoms with Crippen molar-refractivity contribution in [3.63, 3.8) is 0 Å². The van der Waals surface area contributed by atoms with Gasteiger partial charge in [-0.1, -0.05) is 11.6 Å². The largest absolute Gasteiger partial charge is 0.296 e. The summed E-state index contributed by atoms with van der Waals surface area (Å²) in [6.07, 6.45) is 5.81. The number of benzene rings is 1. The van der Waals surface area contributed by atoms with E-state index in [4.69, 9.17) is 11.6 Å². The summed E-state index contributed by atoms with van der Waals surface area (Å²) in [5, 5.41) is 5.12. The molecule has 3 heterocycles. The average Bonchev–Trinajstić information content (AvgIpc) is 3.35. The molecule has 7 nitrogen and oxygen atoms in total. The Balaban J connectivity index is 1.34. The smallest absolute Gasteiger partial charge is 0.282 e. The standard InChI is InChI=1S/C18H24ClN5O2S/c19-17-3-5-18(6-4-17)24-15-16(13-20-24)14-21-9-11-23(12-10-21)27(25,26)22-7-1-2-8-22/h3-6,13,15H,1-2,7-12,14H2. The van der Waals surface area contributed by atoms with Crippen molar-refractivity contribution in [3.8, 4) is 5.69 Å². The van der Waals surface area contributed by atoms with Gasteiger partial charge in [0.1, 0.15) is 0 Å². The van der Waals surface area contributed by atoms with Crippen LogP contribution in [0.1, 0.15) is 18.4 Å². The fourth-order valence-corrected chi connectivity index (χ4v) is 5.43. The first-order chi connectivity index (χ1) is 13.0. The van der Waals surface area contributed by atoms with Crippen LogP contribution in [0.25, 0.3) is 5.69 Å². The molecule has 0 amide bonds. The molecule has 0 radical (unpaired) electrons. The molecule has 146 valence electrons. The third kappa shape index (κ3) is 4.20. The summed E-state index contributed by atoms with van der Waals surface area (Å²) in [5.74, 6) is 0. The minimum Gasteiger partial charge on any atom is -0.296 e. The lowest BCUT2D eigenvalue weighted by molar-refractivity contribution is 0.176. The zero-order valence-corrected chi connectivity index (χ0v) is 16.7. The molecule has 1 aromatic carbocycles. The molecule has 0 atom stereocenters. The van der Waals surface area contributed by atoms with E-state index in [-0.39, 0.29) is 0 Å². The quantitative estimate of drug-likeness (QED) is 0.757. The molecular formula is C18H24ClN5O2S. The topological polar surface area (TPSA) is 61.7 Å². The normalized spacial score (nSPS) is 20.3. The molecule has 2 aliphatic heterocycles. The highest BCUT2D eigenvalue weighted by Gasteiger charge is 2.33. The molecule has 1 aromatic heterocycles. The van der Waals surface area contributed by atoms with E-state index in [2.05, 4.69) is 10.00 Å². The Morgan fingerprint density at radius 3 is 2.22 bits per heavy atom. The van der Waals surface area contributed by atoms with Gasteiger partial charge in [0, 0.05) is 62.6 Å². The zero-order chi connectivity index (χ0) is 18.9. The summed E-state index contributed by atoms with van der Waals surface area (Å²) in [6.45, 7) is 4.65. The summed E-state index contributed by atoms with van der Waals surface area (Å²) in [6, 6.07) is 7.55. The summed E-state index contributed by atoms with van der Waals surface area (Å²) >= 11 is 5.93. The van der Waals surface area contributed by atoms with E-state index in [1.807, 2.05) is 41.3 Å². The molecule has 0 spiro atoms. The van der Waals surface area contributed by atoms with E-state index in [0.717, 1.165) is 43.7 Å². The van der Waals surface area contributed by atoms with Crippen molar-refractivity contribution in [2.45, 2.75) is 19.4 Å². The zero-order valence-electron chi connectivity index (χ0n) is 15.2. The van der Waals surface area contributed by atoms with Gasteiger partial charge in [-0.25, -0.2) is 4.68 Å². The van der Waals surface area contributed by atoms with Crippen molar-refractivity contribution >= 4 is 21.8 Å². The van der Waals surface area contributed by atoms with Crippen molar-refractivity contribution < 1.29 is 8.42 Å². The molecule has 0 unspecified atom stereocenters. The van der Waals surface area contributed by atoms with Gasteiger partial charge < -0.3 is 0 Å². The molecule has 2 fully saturated rings. The highest BCUT2D eigenvalue weighted by atomic mass is 35.5. The Bertz CT molecular complexity index is 869. The molecule has 0 N–H and O–H groups in total. The lowest BCUT2D eigenvalue weighted by atomic mass is 10.3. The predicted octanol–water partition coefficient (Wildman–Crippen LogP) is 1.98. The van der Waals surface area contributed by atoms with Gasteiger partial charge in [-0.05, 0) is 37.1 Å². The van der Waals surface area contributed by atoms with Gasteiger partial charge in [0.05, 0.1) is 11.9 Å². The van der Waals surface area contributed by atoms with Gasteiger partial charge >= 0.3 is 0 Å². The van der Waals surface area contributed by atoms with Crippen LogP contribution >= 0.6 is 11.6 Å². The van der Waals surface area contributed by atoms with Gasteiger partial charge in [0.2, 0.25) is 0 Å². The third-order valence-corrected chi connectivity index (χ3v) is 7.47. The first-order valence-electron chi connectivity index (χ1n) is 9.29. The number of nitrogens with zero attached hydrogens (tertiary/aromatic N) is 5. The Kier molecular flexibility index (Phi) is 5.52. The second-order valence-corrected chi connectivity index (χ2v) is 9.42. The maximum Gasteiger partial charge on any atom is 0.282 e. The highest BCUT2D eigenvalue weighted by Crippen LogP contribution is 2.19. The van der Waals surface area contributed by atoms with Gasteiger partial charge in [0.25, 0.3) is 10.2 Å². The van der Waals surface area contributed by atoms with Crippen LogP contribution in [0.4, 0.5) is 0 Å². The molecule has 27 heavy (non-hydrogen) atoms. The second-order valence-electron chi connectivity index (χ2n) is 7.06. The maximum absolute atomic E-state index is 12.6. The molecule has 9 heteroatoms. The molecule has 2 aliphatic rings. The van der Waals surface area contributed by atoms with Crippen molar-refractivity contribution in [2.75, 3.05) is 39.3 Å². The van der Waals surface area contributed by atoms with Gasteiger partial charge in [0.15, 0.2) is 0 Å². The van der Waals surface area contributed by atoms with E-state index in [1.165, 1.54) is 0 Å². The molecule has 2 saturated heterocycles. The Morgan fingerprint density at radius 2 is 1.56 bits per heavy atom. The van der Waals surface area contributed by atoms with Crippen LogP contribution in [0.2, 0.25) is 5.02 Å². The van der Waals surface area contributed by atoms with Crippen LogP contribution in [0.3, 0.4) is 0 Å². The molecule has 0 bridgehead atoms. The van der Waals surface area contributed by atoms with Crippen LogP contribution in [0.5, 0.6) is 0 Å². The summed E-state index contributed by atoms with van der Waals surface area (Å²) in [4.78, 5) is 2.28. The first-order valence-corrected chi connectivity index (χ1v) is 11.1. The van der Waals surface area contributed by atoms with Crippen molar-refractivity contribution in [1.29, 1.82) is 0 Å². The van der Waals surface area contributed by atoms with Crippen LogP contribution in [-0.2, 0) is 16.8 Å². The van der Waals surface area contributed by atoms with E-state index in [1.54, 1.807) is 8.61 Å². The fourth-order valence-electron chi connectivity index (χ4n) is 3.64. The average molecular weight is 410 g/mol. The van der Waals surface area contributed by atoms with E-state index in [9.17, 15) is 8.42 Å². The van der Waals surface area contributed by atoms with E-state index >= 15 is 0 Å². The summed E-state index contributed by atoms with van der Waals surface area (Å²) in [7, 11) is -3.28. The lowest BCUT2D eigenvalue weighted by Crippen LogP contribution is -2.52. The molecule has 4 rings (SSSR count). The van der Waals surface area contributed by atoms with Crippen molar-refractivity contribution in [3.05, 3.63) is 47.2 Å². The molecule has 0 aliphatic carbocycles. The molecule has 2 aromatic rings. The first kappa shape index (κ1) is 18.9. The van der Waals surface area contributed by atoms with E-state index in [0.29, 0.717) is 31.2 Å². The number of hydrogen-bond donors (Lipinski definition) is 0. The summed E-state index contributed by atoms with van der Waals surface area (Å²) < 4.78 is 30.4. The fraction of sp³-hybridized carbons (Fsp3) is 0.500. The van der Waals surface area contributed by atoms with Crippen molar-refractivity contribution in [2.24, 2.45) is 0 Å². The van der Waals surface area contributed by atoms with Gasteiger partial charge in [-0.15, -0.1) is 0 Å². The molecular weight excluding hydrogens is 386 g/mol. The monoisotopic (exact) mass is 409 g/mol. The Morgan fingerprint density at radius 1 is 0.926 bits per heavy atom. The van der Waals surface area contributed by atoms with Crippen LogP contribution in [0.15, 0.2) is 36.7 Å². The predicted molar refractivity (Wildman–Crippen MR) is 105 cm³/mol. The molecule has 0 saturated carbocycles. The minimum absolute atomic E-state index is 0.546. The van der Waals surface area contributed by atoms with Crippen LogP contribution in [0, 0.1) is 0 Å². The third-order valence-electron chi connectivity index (χ3n) is 5.18. The summed E-state index contributed by atoms with van der Waals surface area (Å²) in [5.41, 5.74) is 2.08. The highest BCUT2D eigenvalue weighted by molar-refractivity contribution is 7.86. The number of aromatic nitrogens is 2. The number of halogens is 1. The second kappa shape index (κ2) is 7.89. The van der Waals surface area contributed by atoms with Crippen LogP contribution < -0.4 is 0 Å². The Labute approximate surface area is 165 Å². The Hall–Kier alpha value is -1.45. The SMILES string of the molecule is O=S(=O)(N1CCCC1)N1CCN(Cc2cnn(-c3ccc(Cl)cc3)c2)CC1. The lowest BCUT2D eigenvalue weighted by Gasteiger charge is -2.35. The maximum atomic E-state index is 12.6. The van der Waals surface area contributed by atoms with Crippen LogP contribution in [-0.4, -0.2) is 71.0 Å². The number of piperazine rings is 1. The number of hydrogen-bond acceptors (Lipinski definition) is 4. The minimum atomic E-state index is -3.28. The van der Waals surface area contributed by atoms with Crippen molar-refractivity contribution in [1.82, 2.24) is 23.3 Å². The number of rotatable bonds is 5. The van der Waals surface area contributed by atoms with Gasteiger partial charge in [-0.3, -0.25) is 4.90 Å². The van der Waals surface area contributed by atoms with Gasteiger partial charge in [-0.2, -0.15) is 22.1 Å².